The molecule has 0 aromatic heterocycles. The van der Waals surface area contributed by atoms with Crippen molar-refractivity contribution in [3.05, 3.63) is 18.2 Å². The van der Waals surface area contributed by atoms with E-state index in [1.165, 1.54) is 0 Å². The zero-order chi connectivity index (χ0) is 15.9. The summed E-state index contributed by atoms with van der Waals surface area (Å²) in [5, 5.41) is 5.83. The first kappa shape index (κ1) is 16.9. The van der Waals surface area contributed by atoms with Gasteiger partial charge in [-0.25, -0.2) is 4.79 Å². The molecule has 0 radical (unpaired) electrons. The van der Waals surface area contributed by atoms with Crippen LogP contribution in [0.5, 0.6) is 5.75 Å². The van der Waals surface area contributed by atoms with Gasteiger partial charge in [0.05, 0.1) is 18.0 Å². The van der Waals surface area contributed by atoms with Crippen molar-refractivity contribution in [2.75, 3.05) is 30.7 Å². The quantitative estimate of drug-likeness (QED) is 0.555. The van der Waals surface area contributed by atoms with Crippen molar-refractivity contribution >= 4 is 17.5 Å². The van der Waals surface area contributed by atoms with Crippen LogP contribution in [-0.4, -0.2) is 31.4 Å². The minimum atomic E-state index is -0.492. The highest BCUT2D eigenvalue weighted by molar-refractivity contribution is 5.73. The third-order valence-electron chi connectivity index (χ3n) is 2.47. The first-order valence-corrected chi connectivity index (χ1v) is 7.05. The smallest absolute Gasteiger partial charge is 0.407 e. The maximum atomic E-state index is 11.5. The second-order valence-electron chi connectivity index (χ2n) is 5.51. The van der Waals surface area contributed by atoms with E-state index >= 15 is 0 Å². The number of nitrogens with one attached hydrogen (secondary N) is 2. The fourth-order valence-corrected chi connectivity index (χ4v) is 1.66. The lowest BCUT2D eigenvalue weighted by Gasteiger charge is -2.20. The van der Waals surface area contributed by atoms with E-state index in [0.717, 1.165) is 5.69 Å². The van der Waals surface area contributed by atoms with E-state index in [4.69, 9.17) is 15.2 Å². The molecule has 6 nitrogen and oxygen atoms in total. The molecule has 0 saturated heterocycles. The maximum Gasteiger partial charge on any atom is 0.407 e. The van der Waals surface area contributed by atoms with Crippen LogP contribution in [0.4, 0.5) is 16.2 Å². The van der Waals surface area contributed by atoms with Gasteiger partial charge in [-0.15, -0.1) is 0 Å². The normalized spacial score (nSPS) is 10.9. The van der Waals surface area contributed by atoms with E-state index < -0.39 is 11.7 Å². The van der Waals surface area contributed by atoms with E-state index in [-0.39, 0.29) is 0 Å². The number of carbonyl (C=O) groups is 1. The third kappa shape index (κ3) is 6.25. The Morgan fingerprint density at radius 3 is 2.62 bits per heavy atom. The summed E-state index contributed by atoms with van der Waals surface area (Å²) in [6, 6.07) is 5.55. The second-order valence-corrected chi connectivity index (χ2v) is 5.51. The summed E-state index contributed by atoms with van der Waals surface area (Å²) in [5.41, 5.74) is 6.85. The zero-order valence-corrected chi connectivity index (χ0v) is 13.2. The van der Waals surface area contributed by atoms with E-state index in [1.54, 1.807) is 0 Å². The van der Waals surface area contributed by atoms with Crippen molar-refractivity contribution in [1.82, 2.24) is 5.32 Å². The number of para-hydroxylation sites is 1. The number of ether oxygens (including phenoxy) is 2. The van der Waals surface area contributed by atoms with Crippen LogP contribution in [0.1, 0.15) is 27.7 Å². The molecule has 0 saturated carbocycles. The Kier molecular flexibility index (Phi) is 6.14. The van der Waals surface area contributed by atoms with Crippen LogP contribution in [0.2, 0.25) is 0 Å². The van der Waals surface area contributed by atoms with Crippen LogP contribution in [0.15, 0.2) is 18.2 Å². The SMILES string of the molecule is CCOc1cccc(NCCNC(=O)OC(C)(C)C)c1N. The van der Waals surface area contributed by atoms with Crippen molar-refractivity contribution < 1.29 is 14.3 Å². The molecular weight excluding hydrogens is 270 g/mol. The van der Waals surface area contributed by atoms with Crippen LogP contribution in [-0.2, 0) is 4.74 Å². The Morgan fingerprint density at radius 1 is 1.29 bits per heavy atom. The van der Waals surface area contributed by atoms with Crippen molar-refractivity contribution in [3.8, 4) is 5.75 Å². The molecule has 0 aliphatic carbocycles. The summed E-state index contributed by atoms with van der Waals surface area (Å²) >= 11 is 0. The standard InChI is InChI=1S/C15H25N3O3/c1-5-20-12-8-6-7-11(13(12)16)17-9-10-18-14(19)21-15(2,3)4/h6-8,17H,5,9-10,16H2,1-4H3,(H,18,19). The average molecular weight is 295 g/mol. The minimum absolute atomic E-state index is 0.430. The average Bonchev–Trinajstić information content (AvgIpc) is 2.37. The molecule has 0 aliphatic rings. The predicted octanol–water partition coefficient (Wildman–Crippen LogP) is 2.60. The highest BCUT2D eigenvalue weighted by Gasteiger charge is 2.15. The first-order chi connectivity index (χ1) is 9.83. The molecule has 0 atom stereocenters. The van der Waals surface area contributed by atoms with Gasteiger partial charge in [0.1, 0.15) is 11.4 Å². The van der Waals surface area contributed by atoms with Gasteiger partial charge < -0.3 is 25.8 Å². The van der Waals surface area contributed by atoms with Crippen molar-refractivity contribution in [3.63, 3.8) is 0 Å². The van der Waals surface area contributed by atoms with Gasteiger partial charge in [0.25, 0.3) is 0 Å². The molecule has 1 rings (SSSR count). The Hall–Kier alpha value is -2.11. The summed E-state index contributed by atoms with van der Waals surface area (Å²) in [6.45, 7) is 8.92. The molecular formula is C15H25N3O3. The fourth-order valence-electron chi connectivity index (χ4n) is 1.66. The predicted molar refractivity (Wildman–Crippen MR) is 84.7 cm³/mol. The first-order valence-electron chi connectivity index (χ1n) is 7.05. The lowest BCUT2D eigenvalue weighted by atomic mass is 10.2. The number of anilines is 2. The second kappa shape index (κ2) is 7.61. The Morgan fingerprint density at radius 2 is 2.00 bits per heavy atom. The van der Waals surface area contributed by atoms with Gasteiger partial charge in [-0.1, -0.05) is 6.07 Å². The molecule has 0 fully saturated rings. The monoisotopic (exact) mass is 295 g/mol. The van der Waals surface area contributed by atoms with Gasteiger partial charge in [0.2, 0.25) is 0 Å². The summed E-state index contributed by atoms with van der Waals surface area (Å²) < 4.78 is 10.6. The van der Waals surface area contributed by atoms with E-state index in [2.05, 4.69) is 10.6 Å². The third-order valence-corrected chi connectivity index (χ3v) is 2.47. The number of hydrogen-bond acceptors (Lipinski definition) is 5. The number of amides is 1. The molecule has 118 valence electrons. The fraction of sp³-hybridized carbons (Fsp3) is 0.533. The molecule has 0 unspecified atom stereocenters. The van der Waals surface area contributed by atoms with Crippen LogP contribution in [0.25, 0.3) is 0 Å². The van der Waals surface area contributed by atoms with Gasteiger partial charge in [0.15, 0.2) is 0 Å². The maximum absolute atomic E-state index is 11.5. The highest BCUT2D eigenvalue weighted by Crippen LogP contribution is 2.28. The van der Waals surface area contributed by atoms with Crippen molar-refractivity contribution in [2.24, 2.45) is 0 Å². The number of nitrogen functional groups attached to an aromatic ring is 1. The number of hydrogen-bond donors (Lipinski definition) is 3. The Balaban J connectivity index is 2.39. The Bertz CT molecular complexity index is 470. The summed E-state index contributed by atoms with van der Waals surface area (Å²) in [4.78, 5) is 11.5. The summed E-state index contributed by atoms with van der Waals surface area (Å²) in [7, 11) is 0. The molecule has 6 heteroatoms. The van der Waals surface area contributed by atoms with Crippen LogP contribution in [0, 0.1) is 0 Å². The number of alkyl carbamates (subject to hydrolysis) is 1. The number of rotatable bonds is 6. The van der Waals surface area contributed by atoms with Crippen LogP contribution < -0.4 is 21.1 Å². The molecule has 0 heterocycles. The van der Waals surface area contributed by atoms with Crippen molar-refractivity contribution in [2.45, 2.75) is 33.3 Å². The molecule has 0 aliphatic heterocycles. The van der Waals surface area contributed by atoms with Gasteiger partial charge in [0, 0.05) is 13.1 Å². The van der Waals surface area contributed by atoms with Crippen LogP contribution in [0.3, 0.4) is 0 Å². The largest absolute Gasteiger partial charge is 0.492 e. The van der Waals surface area contributed by atoms with E-state index in [0.29, 0.717) is 31.1 Å². The summed E-state index contributed by atoms with van der Waals surface area (Å²) in [6.07, 6.45) is -0.430. The summed E-state index contributed by atoms with van der Waals surface area (Å²) in [5.74, 6) is 0.655. The Labute approximate surface area is 126 Å². The zero-order valence-electron chi connectivity index (χ0n) is 13.2. The topological polar surface area (TPSA) is 85.6 Å². The lowest BCUT2D eigenvalue weighted by Crippen LogP contribution is -2.35. The van der Waals surface area contributed by atoms with E-state index in [1.807, 2.05) is 45.9 Å². The number of nitrogens with two attached hydrogens (primary N) is 1. The molecule has 1 amide bonds. The molecule has 0 spiro atoms. The number of carbonyl (C=O) groups excluding carboxylic acids is 1. The van der Waals surface area contributed by atoms with Gasteiger partial charge in [-0.2, -0.15) is 0 Å². The molecule has 1 aromatic rings. The molecule has 0 bridgehead atoms. The van der Waals surface area contributed by atoms with Gasteiger partial charge in [-0.3, -0.25) is 0 Å². The number of benzene rings is 1. The van der Waals surface area contributed by atoms with Crippen molar-refractivity contribution in [1.29, 1.82) is 0 Å². The highest BCUT2D eigenvalue weighted by atomic mass is 16.6. The van der Waals surface area contributed by atoms with Gasteiger partial charge >= 0.3 is 6.09 Å². The van der Waals surface area contributed by atoms with Gasteiger partial charge in [-0.05, 0) is 39.8 Å². The molecule has 4 N–H and O–H groups in total. The van der Waals surface area contributed by atoms with Crippen LogP contribution >= 0.6 is 0 Å². The molecule has 1 aromatic carbocycles. The molecule has 21 heavy (non-hydrogen) atoms. The lowest BCUT2D eigenvalue weighted by molar-refractivity contribution is 0.0530. The minimum Gasteiger partial charge on any atom is -0.492 e. The van der Waals surface area contributed by atoms with E-state index in [9.17, 15) is 4.79 Å².